The molecule has 3 nitrogen and oxygen atoms in total. The van der Waals surface area contributed by atoms with Gasteiger partial charge in [-0.15, -0.1) is 0 Å². The predicted octanol–water partition coefficient (Wildman–Crippen LogP) is 0.953. The average Bonchev–Trinajstić information content (AvgIpc) is 2.26. The minimum Gasteiger partial charge on any atom is -0.381 e. The molecule has 0 aromatic rings. The molecular formula is C11H24N2O. The summed E-state index contributed by atoms with van der Waals surface area (Å²) in [5, 5.41) is 3.40. The Hall–Kier alpha value is -0.120. The van der Waals surface area contributed by atoms with Crippen LogP contribution < -0.4 is 5.32 Å². The van der Waals surface area contributed by atoms with Crippen LogP contribution in [0.4, 0.5) is 0 Å². The van der Waals surface area contributed by atoms with Gasteiger partial charge in [0.2, 0.25) is 0 Å². The maximum absolute atomic E-state index is 5.54. The second-order valence-electron chi connectivity index (χ2n) is 4.00. The first kappa shape index (κ1) is 12.0. The van der Waals surface area contributed by atoms with Gasteiger partial charge >= 0.3 is 0 Å². The number of nitrogens with zero attached hydrogens (tertiary/aromatic N) is 1. The molecule has 0 spiro atoms. The van der Waals surface area contributed by atoms with Crippen LogP contribution in [0.1, 0.15) is 20.3 Å². The van der Waals surface area contributed by atoms with E-state index in [4.69, 9.17) is 4.74 Å². The number of hydrogen-bond acceptors (Lipinski definition) is 3. The first-order valence-corrected chi connectivity index (χ1v) is 5.79. The number of ether oxygens (including phenoxy) is 1. The van der Waals surface area contributed by atoms with E-state index in [0.717, 1.165) is 32.7 Å². The predicted molar refractivity (Wildman–Crippen MR) is 59.6 cm³/mol. The van der Waals surface area contributed by atoms with E-state index >= 15 is 0 Å². The van der Waals surface area contributed by atoms with Crippen molar-refractivity contribution in [1.82, 2.24) is 10.2 Å². The highest BCUT2D eigenvalue weighted by atomic mass is 16.5. The maximum atomic E-state index is 5.54. The molecule has 1 fully saturated rings. The molecule has 1 aliphatic rings. The van der Waals surface area contributed by atoms with Crippen molar-refractivity contribution in [2.45, 2.75) is 26.3 Å². The molecule has 0 saturated carbocycles. The lowest BCUT2D eigenvalue weighted by Crippen LogP contribution is -2.46. The second-order valence-corrected chi connectivity index (χ2v) is 4.00. The summed E-state index contributed by atoms with van der Waals surface area (Å²) in [4.78, 5) is 2.48. The van der Waals surface area contributed by atoms with E-state index in [1.165, 1.54) is 6.54 Å². The lowest BCUT2D eigenvalue weighted by Gasteiger charge is -2.34. The Bertz CT molecular complexity index is 148. The number of rotatable bonds is 5. The molecular weight excluding hydrogens is 176 g/mol. The van der Waals surface area contributed by atoms with Crippen molar-refractivity contribution >= 4 is 0 Å². The third-order valence-electron chi connectivity index (χ3n) is 3.23. The summed E-state index contributed by atoms with van der Waals surface area (Å²) in [6, 6.07) is 0.643. The summed E-state index contributed by atoms with van der Waals surface area (Å²) in [5.74, 6) is 0.661. The Balaban J connectivity index is 2.39. The van der Waals surface area contributed by atoms with Gasteiger partial charge in [0.15, 0.2) is 0 Å². The molecule has 0 aromatic heterocycles. The van der Waals surface area contributed by atoms with E-state index in [2.05, 4.69) is 31.1 Å². The molecule has 0 aromatic carbocycles. The van der Waals surface area contributed by atoms with Gasteiger partial charge < -0.3 is 15.0 Å². The third kappa shape index (κ3) is 3.23. The third-order valence-corrected chi connectivity index (χ3v) is 3.23. The molecule has 0 bridgehead atoms. The van der Waals surface area contributed by atoms with Crippen molar-refractivity contribution in [3.8, 4) is 0 Å². The molecule has 14 heavy (non-hydrogen) atoms. The van der Waals surface area contributed by atoms with Crippen molar-refractivity contribution in [2.75, 3.05) is 39.9 Å². The zero-order valence-electron chi connectivity index (χ0n) is 9.75. The molecule has 1 heterocycles. The van der Waals surface area contributed by atoms with Crippen LogP contribution in [-0.2, 0) is 4.74 Å². The van der Waals surface area contributed by atoms with Crippen LogP contribution in [0.15, 0.2) is 0 Å². The largest absolute Gasteiger partial charge is 0.381 e. The van der Waals surface area contributed by atoms with Crippen LogP contribution in [0.3, 0.4) is 0 Å². The second kappa shape index (κ2) is 6.38. The molecule has 0 aliphatic carbocycles. The van der Waals surface area contributed by atoms with Gasteiger partial charge in [0.1, 0.15) is 0 Å². The molecule has 0 amide bonds. The van der Waals surface area contributed by atoms with Gasteiger partial charge in [-0.1, -0.05) is 13.8 Å². The topological polar surface area (TPSA) is 24.5 Å². The fourth-order valence-electron chi connectivity index (χ4n) is 2.17. The highest BCUT2D eigenvalue weighted by molar-refractivity contribution is 4.80. The first-order valence-electron chi connectivity index (χ1n) is 5.79. The quantitative estimate of drug-likeness (QED) is 0.715. The summed E-state index contributed by atoms with van der Waals surface area (Å²) < 4.78 is 5.54. The average molecular weight is 200 g/mol. The van der Waals surface area contributed by atoms with Gasteiger partial charge in [0, 0.05) is 25.1 Å². The zero-order chi connectivity index (χ0) is 10.4. The fraction of sp³-hybridized carbons (Fsp3) is 1.00. The van der Waals surface area contributed by atoms with Crippen molar-refractivity contribution in [3.63, 3.8) is 0 Å². The van der Waals surface area contributed by atoms with E-state index in [9.17, 15) is 0 Å². The summed E-state index contributed by atoms with van der Waals surface area (Å²) >= 11 is 0. The Morgan fingerprint density at radius 1 is 1.36 bits per heavy atom. The molecule has 3 heteroatoms. The molecule has 84 valence electrons. The van der Waals surface area contributed by atoms with Gasteiger partial charge in [-0.2, -0.15) is 0 Å². The summed E-state index contributed by atoms with van der Waals surface area (Å²) in [7, 11) is 2.06. The lowest BCUT2D eigenvalue weighted by atomic mass is 9.95. The smallest absolute Gasteiger partial charge is 0.0521 e. The molecule has 1 rings (SSSR count). The maximum Gasteiger partial charge on any atom is 0.0521 e. The van der Waals surface area contributed by atoms with Crippen LogP contribution >= 0.6 is 0 Å². The number of nitrogens with one attached hydrogen (secondary N) is 1. The van der Waals surface area contributed by atoms with E-state index in [-0.39, 0.29) is 0 Å². The SMILES string of the molecule is CCN(CC)CC1COCCC1NC. The highest BCUT2D eigenvalue weighted by Crippen LogP contribution is 2.15. The van der Waals surface area contributed by atoms with Gasteiger partial charge in [0.05, 0.1) is 6.61 Å². The fourth-order valence-corrected chi connectivity index (χ4v) is 2.17. The summed E-state index contributed by atoms with van der Waals surface area (Å²) in [6.45, 7) is 9.73. The molecule has 1 N–H and O–H groups in total. The van der Waals surface area contributed by atoms with Gasteiger partial charge in [-0.3, -0.25) is 0 Å². The minimum absolute atomic E-state index is 0.643. The summed E-state index contributed by atoms with van der Waals surface area (Å²) in [6.07, 6.45) is 1.16. The van der Waals surface area contributed by atoms with Crippen LogP contribution in [0.2, 0.25) is 0 Å². The molecule has 1 aliphatic heterocycles. The van der Waals surface area contributed by atoms with Gasteiger partial charge in [0.25, 0.3) is 0 Å². The Kier molecular flexibility index (Phi) is 5.45. The van der Waals surface area contributed by atoms with Crippen molar-refractivity contribution in [3.05, 3.63) is 0 Å². The summed E-state index contributed by atoms with van der Waals surface area (Å²) in [5.41, 5.74) is 0. The van der Waals surface area contributed by atoms with Crippen LogP contribution in [0.5, 0.6) is 0 Å². The Morgan fingerprint density at radius 3 is 2.64 bits per heavy atom. The Labute approximate surface area is 87.8 Å². The van der Waals surface area contributed by atoms with E-state index in [1.54, 1.807) is 0 Å². The van der Waals surface area contributed by atoms with Crippen molar-refractivity contribution in [1.29, 1.82) is 0 Å². The normalized spacial score (nSPS) is 28.3. The Morgan fingerprint density at radius 2 is 2.07 bits per heavy atom. The van der Waals surface area contributed by atoms with E-state index in [0.29, 0.717) is 12.0 Å². The molecule has 1 saturated heterocycles. The van der Waals surface area contributed by atoms with Gasteiger partial charge in [-0.25, -0.2) is 0 Å². The molecule has 0 radical (unpaired) electrons. The van der Waals surface area contributed by atoms with Gasteiger partial charge in [-0.05, 0) is 26.6 Å². The highest BCUT2D eigenvalue weighted by Gasteiger charge is 2.25. The van der Waals surface area contributed by atoms with Crippen LogP contribution in [0.25, 0.3) is 0 Å². The van der Waals surface area contributed by atoms with Crippen molar-refractivity contribution in [2.24, 2.45) is 5.92 Å². The number of hydrogen-bond donors (Lipinski definition) is 1. The molecule has 2 atom stereocenters. The van der Waals surface area contributed by atoms with Crippen molar-refractivity contribution < 1.29 is 4.74 Å². The monoisotopic (exact) mass is 200 g/mol. The van der Waals surface area contributed by atoms with E-state index < -0.39 is 0 Å². The molecule has 2 unspecified atom stereocenters. The van der Waals surface area contributed by atoms with Crippen LogP contribution in [-0.4, -0.2) is 50.8 Å². The van der Waals surface area contributed by atoms with E-state index in [1.807, 2.05) is 0 Å². The zero-order valence-corrected chi connectivity index (χ0v) is 9.75. The first-order chi connectivity index (χ1) is 6.81. The standard InChI is InChI=1S/C11H24N2O/c1-4-13(5-2)8-10-9-14-7-6-11(10)12-3/h10-12H,4-9H2,1-3H3. The minimum atomic E-state index is 0.643. The lowest BCUT2D eigenvalue weighted by molar-refractivity contribution is 0.0197. The van der Waals surface area contributed by atoms with Crippen LogP contribution in [0, 0.1) is 5.92 Å².